The van der Waals surface area contributed by atoms with Crippen LogP contribution in [0.15, 0.2) is 72.4 Å². The van der Waals surface area contributed by atoms with Gasteiger partial charge in [0, 0.05) is 30.9 Å². The van der Waals surface area contributed by atoms with Crippen molar-refractivity contribution < 1.29 is 14.3 Å². The quantitative estimate of drug-likeness (QED) is 0.550. The summed E-state index contributed by atoms with van der Waals surface area (Å²) in [6.45, 7) is 2.62. The highest BCUT2D eigenvalue weighted by Gasteiger charge is 2.35. The summed E-state index contributed by atoms with van der Waals surface area (Å²) in [7, 11) is 1.63. The zero-order valence-corrected chi connectivity index (χ0v) is 18.9. The average Bonchev–Trinajstić information content (AvgIpc) is 2.77. The molecule has 0 aromatic heterocycles. The molecule has 1 unspecified atom stereocenters. The summed E-state index contributed by atoms with van der Waals surface area (Å²) in [5.74, 6) is 1.08. The summed E-state index contributed by atoms with van der Waals surface area (Å²) in [4.78, 5) is 16.7. The number of hydrogen-bond acceptors (Lipinski definition) is 5. The predicted octanol–water partition coefficient (Wildman–Crippen LogP) is 4.71. The summed E-state index contributed by atoms with van der Waals surface area (Å²) in [5.41, 5.74) is 2.95. The highest BCUT2D eigenvalue weighted by molar-refractivity contribution is 9.10. The van der Waals surface area contributed by atoms with Crippen LogP contribution < -0.4 is 4.74 Å². The Morgan fingerprint density at radius 2 is 1.87 bits per heavy atom. The lowest BCUT2D eigenvalue weighted by Crippen LogP contribution is -2.43. The van der Waals surface area contributed by atoms with E-state index in [0.29, 0.717) is 18.9 Å². The summed E-state index contributed by atoms with van der Waals surface area (Å²) in [5, 5.41) is 0.752. The lowest BCUT2D eigenvalue weighted by Gasteiger charge is -2.38. The molecular weight excluding hydrogens is 468 g/mol. The molecule has 0 radical (unpaired) electrons. The number of rotatable bonds is 6. The first-order valence-electron chi connectivity index (χ1n) is 9.67. The Hall–Kier alpha value is -2.44. The van der Waals surface area contributed by atoms with Crippen molar-refractivity contribution in [3.8, 4) is 5.75 Å². The van der Waals surface area contributed by atoms with Gasteiger partial charge in [-0.25, -0.2) is 0 Å². The summed E-state index contributed by atoms with van der Waals surface area (Å²) in [6.07, 6.45) is 3.84. The number of halogens is 2. The largest absolute Gasteiger partial charge is 0.497 e. The summed E-state index contributed by atoms with van der Waals surface area (Å²) in [6, 6.07) is 15.4. The molecule has 0 fully saturated rings. The number of hydrogen-bond donors (Lipinski definition) is 0. The van der Waals surface area contributed by atoms with E-state index in [9.17, 15) is 4.79 Å². The highest BCUT2D eigenvalue weighted by atomic mass is 79.9. The molecule has 0 spiro atoms. The molecule has 0 N–H and O–H groups in total. The lowest BCUT2D eigenvalue weighted by atomic mass is 10.1. The Kier molecular flexibility index (Phi) is 6.35. The van der Waals surface area contributed by atoms with Crippen LogP contribution in [0.4, 0.5) is 0 Å². The van der Waals surface area contributed by atoms with Crippen LogP contribution in [0.1, 0.15) is 11.1 Å². The fourth-order valence-corrected chi connectivity index (χ4v) is 4.27. The maximum atomic E-state index is 12.9. The second-order valence-corrected chi connectivity index (χ2v) is 8.49. The molecule has 0 saturated carbocycles. The van der Waals surface area contributed by atoms with Crippen LogP contribution in [0.5, 0.6) is 5.75 Å². The van der Waals surface area contributed by atoms with Crippen LogP contribution in [0, 0.1) is 0 Å². The van der Waals surface area contributed by atoms with Gasteiger partial charge in [-0.15, -0.1) is 0 Å². The molecule has 156 valence electrons. The van der Waals surface area contributed by atoms with Gasteiger partial charge < -0.3 is 19.3 Å². The smallest absolute Gasteiger partial charge is 0.218 e. The van der Waals surface area contributed by atoms with Crippen LogP contribution in [0.2, 0.25) is 5.02 Å². The molecule has 2 aromatic carbocycles. The van der Waals surface area contributed by atoms with Gasteiger partial charge in [-0.3, -0.25) is 4.79 Å². The van der Waals surface area contributed by atoms with Crippen molar-refractivity contribution in [3.63, 3.8) is 0 Å². The number of benzene rings is 2. The molecular formula is C23H22BrClN2O3. The van der Waals surface area contributed by atoms with Crippen molar-refractivity contribution in [2.75, 3.05) is 20.2 Å². The molecule has 5 nitrogen and oxygen atoms in total. The third-order valence-electron chi connectivity index (χ3n) is 5.17. The van der Waals surface area contributed by atoms with Crippen molar-refractivity contribution in [1.29, 1.82) is 0 Å². The minimum Gasteiger partial charge on any atom is -0.497 e. The van der Waals surface area contributed by atoms with Crippen LogP contribution in [-0.2, 0) is 22.7 Å². The van der Waals surface area contributed by atoms with Gasteiger partial charge in [-0.2, -0.15) is 0 Å². The van der Waals surface area contributed by atoms with Crippen molar-refractivity contribution in [2.45, 2.75) is 18.0 Å². The van der Waals surface area contributed by atoms with Crippen molar-refractivity contribution in [3.05, 3.63) is 88.5 Å². The first-order valence-corrected chi connectivity index (χ1v) is 11.0. The highest BCUT2D eigenvalue weighted by Crippen LogP contribution is 2.31. The molecule has 30 heavy (non-hydrogen) atoms. The number of carbonyl (C=O) groups is 1. The Morgan fingerprint density at radius 1 is 1.10 bits per heavy atom. The SMILES string of the molecule is COc1ccc(COC2=CN3CCN(Cc4ccccc4Cl)C=C3C(Br)C2=O)cc1. The van der Waals surface area contributed by atoms with E-state index in [4.69, 9.17) is 21.1 Å². The fourth-order valence-electron chi connectivity index (χ4n) is 3.47. The number of alkyl halides is 1. The molecule has 2 heterocycles. The number of ether oxygens (including phenoxy) is 2. The van der Waals surface area contributed by atoms with E-state index in [1.54, 1.807) is 7.11 Å². The predicted molar refractivity (Wildman–Crippen MR) is 120 cm³/mol. The summed E-state index contributed by atoms with van der Waals surface area (Å²) >= 11 is 9.86. The average molecular weight is 490 g/mol. The van der Waals surface area contributed by atoms with E-state index >= 15 is 0 Å². The van der Waals surface area contributed by atoms with Gasteiger partial charge in [0.05, 0.1) is 19.0 Å². The molecule has 0 saturated heterocycles. The molecule has 2 aliphatic heterocycles. The van der Waals surface area contributed by atoms with Crippen LogP contribution >= 0.6 is 27.5 Å². The van der Waals surface area contributed by atoms with E-state index in [1.165, 1.54) is 0 Å². The minimum absolute atomic E-state index is 0.0781. The standard InChI is InChI=1S/C23H22BrClN2O3/c1-29-18-8-6-16(7-9-18)15-30-21-14-27-11-10-26(13-20(27)22(24)23(21)28)12-17-4-2-3-5-19(17)25/h2-9,13-14,22H,10-12,15H2,1H3. The molecule has 0 aliphatic carbocycles. The van der Waals surface area contributed by atoms with Crippen molar-refractivity contribution in [2.24, 2.45) is 0 Å². The topological polar surface area (TPSA) is 42.0 Å². The number of methoxy groups -OCH3 is 1. The first kappa shape index (κ1) is 20.8. The second-order valence-electron chi connectivity index (χ2n) is 7.17. The van der Waals surface area contributed by atoms with Gasteiger partial charge in [-0.05, 0) is 29.3 Å². The molecule has 2 aromatic rings. The Morgan fingerprint density at radius 3 is 2.60 bits per heavy atom. The van der Waals surface area contributed by atoms with Crippen LogP contribution in [-0.4, -0.2) is 40.6 Å². The number of ketones is 1. The first-order chi connectivity index (χ1) is 14.5. The van der Waals surface area contributed by atoms with Gasteiger partial charge >= 0.3 is 0 Å². The van der Waals surface area contributed by atoms with Crippen molar-refractivity contribution >= 4 is 33.3 Å². The summed E-state index contributed by atoms with van der Waals surface area (Å²) < 4.78 is 11.0. The molecule has 7 heteroatoms. The Labute approximate surface area is 189 Å². The van der Waals surface area contributed by atoms with Gasteiger partial charge in [0.25, 0.3) is 0 Å². The maximum Gasteiger partial charge on any atom is 0.218 e. The van der Waals surface area contributed by atoms with E-state index in [1.807, 2.05) is 60.9 Å². The van der Waals surface area contributed by atoms with Gasteiger partial charge in [-0.1, -0.05) is 57.9 Å². The minimum atomic E-state index is -0.442. The number of allylic oxidation sites excluding steroid dienone is 2. The van der Waals surface area contributed by atoms with Gasteiger partial charge in [0.2, 0.25) is 5.78 Å². The fraction of sp³-hybridized carbons (Fsp3) is 0.261. The zero-order valence-electron chi connectivity index (χ0n) is 16.6. The lowest BCUT2D eigenvalue weighted by molar-refractivity contribution is -0.119. The normalized spacial score (nSPS) is 18.5. The number of Topliss-reactive ketones (excluding diaryl/α,β-unsaturated/α-hetero) is 1. The van der Waals surface area contributed by atoms with E-state index in [0.717, 1.165) is 40.7 Å². The van der Waals surface area contributed by atoms with Crippen molar-refractivity contribution in [1.82, 2.24) is 9.80 Å². The molecule has 1 atom stereocenters. The van der Waals surface area contributed by atoms with Crippen LogP contribution in [0.25, 0.3) is 0 Å². The third-order valence-corrected chi connectivity index (χ3v) is 6.42. The zero-order chi connectivity index (χ0) is 21.1. The number of fused-ring (bicyclic) bond motifs is 1. The van der Waals surface area contributed by atoms with E-state index < -0.39 is 4.83 Å². The molecule has 2 aliphatic rings. The van der Waals surface area contributed by atoms with Gasteiger partial charge in [0.15, 0.2) is 5.76 Å². The molecule has 4 rings (SSSR count). The maximum absolute atomic E-state index is 12.9. The van der Waals surface area contributed by atoms with E-state index in [2.05, 4.69) is 25.7 Å². The monoisotopic (exact) mass is 488 g/mol. The van der Waals surface area contributed by atoms with E-state index in [-0.39, 0.29) is 5.78 Å². The number of carbonyl (C=O) groups excluding carboxylic acids is 1. The third kappa shape index (κ3) is 4.50. The Balaban J connectivity index is 1.46. The second kappa shape index (κ2) is 9.14. The molecule has 0 bridgehead atoms. The Bertz CT molecular complexity index is 990. The van der Waals surface area contributed by atoms with Crippen LogP contribution in [0.3, 0.4) is 0 Å². The number of nitrogens with zero attached hydrogens (tertiary/aromatic N) is 2. The van der Waals surface area contributed by atoms with Gasteiger partial charge in [0.1, 0.15) is 17.2 Å². The molecule has 0 amide bonds.